The Morgan fingerprint density at radius 3 is 2.76 bits per heavy atom. The topological polar surface area (TPSA) is 33.1 Å². The number of aromatic nitrogens is 1. The molecule has 0 bridgehead atoms. The molecule has 2 heterocycles. The van der Waals surface area contributed by atoms with Gasteiger partial charge in [-0.2, -0.15) is 0 Å². The molecular weight excluding hydrogens is 285 g/mol. The molecule has 1 N–H and O–H groups in total. The Balaban J connectivity index is 2.18. The van der Waals surface area contributed by atoms with E-state index in [1.165, 1.54) is 29.5 Å². The highest BCUT2D eigenvalue weighted by atomic mass is 32.1. The average Bonchev–Trinajstić information content (AvgIpc) is 3.03. The number of aromatic hydroxyl groups is 1. The Kier molecular flexibility index (Phi) is 3.79. The van der Waals surface area contributed by atoms with Crippen molar-refractivity contribution in [3.63, 3.8) is 0 Å². The van der Waals surface area contributed by atoms with Crippen LogP contribution in [0.1, 0.15) is 16.1 Å². The predicted molar refractivity (Wildman–Crippen MR) is 83.6 cm³/mol. The molecule has 21 heavy (non-hydrogen) atoms. The number of nitrogens with zero attached hydrogens (tertiary/aromatic N) is 1. The van der Waals surface area contributed by atoms with Crippen LogP contribution < -0.4 is 0 Å². The number of benzene rings is 1. The minimum atomic E-state index is -0.383. The molecule has 4 heteroatoms. The van der Waals surface area contributed by atoms with Gasteiger partial charge in [0.25, 0.3) is 0 Å². The number of thiophene rings is 1. The molecule has 0 saturated heterocycles. The lowest BCUT2D eigenvalue weighted by atomic mass is 10.0. The summed E-state index contributed by atoms with van der Waals surface area (Å²) < 4.78 is 13.5. The monoisotopic (exact) mass is 297 g/mol. The molecule has 0 spiro atoms. The van der Waals surface area contributed by atoms with Crippen molar-refractivity contribution in [2.75, 3.05) is 0 Å². The molecule has 3 aromatic rings. The van der Waals surface area contributed by atoms with Crippen LogP contribution in [0.25, 0.3) is 11.6 Å². The zero-order valence-electron chi connectivity index (χ0n) is 11.0. The fourth-order valence-corrected chi connectivity index (χ4v) is 2.80. The molecular formula is C17H12FNOS. The van der Waals surface area contributed by atoms with Gasteiger partial charge in [0.2, 0.25) is 0 Å². The van der Waals surface area contributed by atoms with E-state index in [0.717, 1.165) is 16.1 Å². The van der Waals surface area contributed by atoms with E-state index in [-0.39, 0.29) is 11.6 Å². The fourth-order valence-electron chi connectivity index (χ4n) is 2.05. The standard InChI is InChI=1S/C17H12FNOS/c18-12-6-7-16(20)14(10-12)15(17-5-3-9-21-17)11-13-4-1-2-8-19-13/h1-11,20H/b15-11+. The molecule has 0 amide bonds. The van der Waals surface area contributed by atoms with Crippen LogP contribution in [0.5, 0.6) is 5.75 Å². The summed E-state index contributed by atoms with van der Waals surface area (Å²) in [5.74, 6) is -0.335. The van der Waals surface area contributed by atoms with Gasteiger partial charge in [0, 0.05) is 22.2 Å². The van der Waals surface area contributed by atoms with Crippen molar-refractivity contribution >= 4 is 23.0 Å². The summed E-state index contributed by atoms with van der Waals surface area (Å²) in [6.45, 7) is 0. The number of hydrogen-bond acceptors (Lipinski definition) is 3. The Labute approximate surface area is 125 Å². The maximum absolute atomic E-state index is 13.5. The first-order chi connectivity index (χ1) is 10.2. The van der Waals surface area contributed by atoms with Gasteiger partial charge in [0.15, 0.2) is 0 Å². The second-order valence-corrected chi connectivity index (χ2v) is 5.40. The first-order valence-corrected chi connectivity index (χ1v) is 7.27. The number of pyridine rings is 1. The highest BCUT2D eigenvalue weighted by molar-refractivity contribution is 7.11. The molecule has 104 valence electrons. The lowest BCUT2D eigenvalue weighted by molar-refractivity contribution is 0.471. The first-order valence-electron chi connectivity index (χ1n) is 6.39. The van der Waals surface area contributed by atoms with Crippen molar-refractivity contribution in [3.8, 4) is 5.75 Å². The molecule has 0 radical (unpaired) electrons. The van der Waals surface area contributed by atoms with Crippen LogP contribution in [-0.4, -0.2) is 10.1 Å². The van der Waals surface area contributed by atoms with Crippen molar-refractivity contribution in [2.24, 2.45) is 0 Å². The lowest BCUT2D eigenvalue weighted by Gasteiger charge is -2.08. The summed E-state index contributed by atoms with van der Waals surface area (Å²) in [5, 5.41) is 12.0. The molecule has 0 atom stereocenters. The third-order valence-corrected chi connectivity index (χ3v) is 3.92. The van der Waals surface area contributed by atoms with E-state index >= 15 is 0 Å². The smallest absolute Gasteiger partial charge is 0.124 e. The van der Waals surface area contributed by atoms with Crippen LogP contribution >= 0.6 is 11.3 Å². The predicted octanol–water partition coefficient (Wildman–Crippen LogP) is 4.58. The van der Waals surface area contributed by atoms with Crippen LogP contribution in [0.15, 0.2) is 60.1 Å². The maximum Gasteiger partial charge on any atom is 0.124 e. The number of halogens is 1. The zero-order chi connectivity index (χ0) is 14.7. The van der Waals surface area contributed by atoms with Crippen molar-refractivity contribution in [1.82, 2.24) is 4.98 Å². The van der Waals surface area contributed by atoms with Gasteiger partial charge in [-0.3, -0.25) is 4.98 Å². The van der Waals surface area contributed by atoms with E-state index in [2.05, 4.69) is 4.98 Å². The summed E-state index contributed by atoms with van der Waals surface area (Å²) >= 11 is 1.53. The van der Waals surface area contributed by atoms with Gasteiger partial charge in [-0.05, 0) is 47.9 Å². The first kappa shape index (κ1) is 13.5. The van der Waals surface area contributed by atoms with E-state index < -0.39 is 0 Å². The summed E-state index contributed by atoms with van der Waals surface area (Å²) in [6.07, 6.45) is 3.55. The molecule has 2 nitrogen and oxygen atoms in total. The second kappa shape index (κ2) is 5.89. The van der Waals surface area contributed by atoms with E-state index in [1.54, 1.807) is 6.20 Å². The van der Waals surface area contributed by atoms with Crippen LogP contribution in [0.3, 0.4) is 0 Å². The molecule has 0 aliphatic rings. The van der Waals surface area contributed by atoms with Gasteiger partial charge in [0.05, 0.1) is 5.69 Å². The quantitative estimate of drug-likeness (QED) is 0.767. The molecule has 0 unspecified atom stereocenters. The van der Waals surface area contributed by atoms with Crippen LogP contribution in [0, 0.1) is 5.82 Å². The number of hydrogen-bond donors (Lipinski definition) is 1. The molecule has 2 aromatic heterocycles. The SMILES string of the molecule is Oc1ccc(F)cc1/C(=C\c1ccccn1)c1cccs1. The van der Waals surface area contributed by atoms with E-state index in [9.17, 15) is 9.50 Å². The van der Waals surface area contributed by atoms with E-state index in [1.807, 2.05) is 41.8 Å². The van der Waals surface area contributed by atoms with E-state index in [4.69, 9.17) is 0 Å². The van der Waals surface area contributed by atoms with Gasteiger partial charge < -0.3 is 5.11 Å². The Hall–Kier alpha value is -2.46. The van der Waals surface area contributed by atoms with Crippen molar-refractivity contribution in [1.29, 1.82) is 0 Å². The van der Waals surface area contributed by atoms with Crippen molar-refractivity contribution in [2.45, 2.75) is 0 Å². The summed E-state index contributed by atoms with van der Waals surface area (Å²) in [5.41, 5.74) is 1.97. The molecule has 1 aromatic carbocycles. The maximum atomic E-state index is 13.5. The fraction of sp³-hybridized carbons (Fsp3) is 0. The van der Waals surface area contributed by atoms with Gasteiger partial charge in [-0.25, -0.2) is 4.39 Å². The molecule has 0 aliphatic carbocycles. The van der Waals surface area contributed by atoms with Crippen molar-refractivity contribution in [3.05, 3.63) is 82.1 Å². The van der Waals surface area contributed by atoms with Gasteiger partial charge in [-0.15, -0.1) is 11.3 Å². The largest absolute Gasteiger partial charge is 0.507 e. The number of rotatable bonds is 3. The molecule has 3 rings (SSSR count). The van der Waals surface area contributed by atoms with Gasteiger partial charge >= 0.3 is 0 Å². The minimum Gasteiger partial charge on any atom is -0.507 e. The van der Waals surface area contributed by atoms with Gasteiger partial charge in [-0.1, -0.05) is 12.1 Å². The highest BCUT2D eigenvalue weighted by Crippen LogP contribution is 2.34. The molecule has 0 saturated carbocycles. The average molecular weight is 297 g/mol. The van der Waals surface area contributed by atoms with E-state index in [0.29, 0.717) is 5.56 Å². The third kappa shape index (κ3) is 3.01. The number of phenols is 1. The zero-order valence-corrected chi connectivity index (χ0v) is 11.8. The molecule has 0 aliphatic heterocycles. The Morgan fingerprint density at radius 2 is 2.05 bits per heavy atom. The van der Waals surface area contributed by atoms with Gasteiger partial charge in [0.1, 0.15) is 11.6 Å². The lowest BCUT2D eigenvalue weighted by Crippen LogP contribution is -1.89. The van der Waals surface area contributed by atoms with Crippen LogP contribution in [0.4, 0.5) is 4.39 Å². The second-order valence-electron chi connectivity index (χ2n) is 4.45. The minimum absolute atomic E-state index is 0.0481. The Morgan fingerprint density at radius 1 is 1.14 bits per heavy atom. The third-order valence-electron chi connectivity index (χ3n) is 3.02. The van der Waals surface area contributed by atoms with Crippen LogP contribution in [-0.2, 0) is 0 Å². The normalized spacial score (nSPS) is 11.6. The number of phenolic OH excluding ortho intramolecular Hbond substituents is 1. The summed E-state index contributed by atoms with van der Waals surface area (Å²) in [7, 11) is 0. The summed E-state index contributed by atoms with van der Waals surface area (Å²) in [4.78, 5) is 5.20. The van der Waals surface area contributed by atoms with Crippen molar-refractivity contribution < 1.29 is 9.50 Å². The summed E-state index contributed by atoms with van der Waals surface area (Å²) in [6, 6.07) is 13.4. The molecule has 0 fully saturated rings. The highest BCUT2D eigenvalue weighted by Gasteiger charge is 2.12. The van der Waals surface area contributed by atoms with Crippen LogP contribution in [0.2, 0.25) is 0 Å². The Bertz CT molecular complexity index is 767.